The second-order valence-corrected chi connectivity index (χ2v) is 6.63. The van der Waals surface area contributed by atoms with Crippen molar-refractivity contribution in [2.24, 2.45) is 0 Å². The van der Waals surface area contributed by atoms with Gasteiger partial charge >= 0.3 is 6.18 Å². The van der Waals surface area contributed by atoms with Gasteiger partial charge in [-0.1, -0.05) is 0 Å². The Kier molecular flexibility index (Phi) is 4.33. The van der Waals surface area contributed by atoms with E-state index in [1.54, 1.807) is 0 Å². The quantitative estimate of drug-likeness (QED) is 0.860. The lowest BCUT2D eigenvalue weighted by atomic mass is 10.3. The molecule has 1 heterocycles. The summed E-state index contributed by atoms with van der Waals surface area (Å²) >= 11 is 0. The number of hydrogen-bond donors (Lipinski definition) is 1. The SMILES string of the molecule is Nc1ccc(OCC(F)(F)F)c(S(=O)(=O)N2CCCC2)c1. The van der Waals surface area contributed by atoms with Crippen LogP contribution < -0.4 is 10.5 Å². The number of anilines is 1. The summed E-state index contributed by atoms with van der Waals surface area (Å²) < 4.78 is 67.4. The third-order valence-electron chi connectivity index (χ3n) is 3.04. The van der Waals surface area contributed by atoms with E-state index in [-0.39, 0.29) is 16.3 Å². The molecule has 1 aromatic carbocycles. The van der Waals surface area contributed by atoms with E-state index < -0.39 is 22.8 Å². The molecule has 0 saturated carbocycles. The van der Waals surface area contributed by atoms with Crippen LogP contribution in [-0.2, 0) is 10.0 Å². The summed E-state index contributed by atoms with van der Waals surface area (Å²) in [5.74, 6) is -0.339. The molecule has 9 heteroatoms. The second kappa shape index (κ2) is 5.72. The Hall–Kier alpha value is -1.48. The Labute approximate surface area is 120 Å². The van der Waals surface area contributed by atoms with Crippen molar-refractivity contribution in [2.45, 2.75) is 23.9 Å². The number of sulfonamides is 1. The minimum atomic E-state index is -4.55. The van der Waals surface area contributed by atoms with Crippen LogP contribution in [0, 0.1) is 0 Å². The molecular weight excluding hydrogens is 309 g/mol. The Balaban J connectivity index is 2.35. The predicted octanol–water partition coefficient (Wildman–Crippen LogP) is 1.99. The van der Waals surface area contributed by atoms with Crippen molar-refractivity contribution in [2.75, 3.05) is 25.4 Å². The molecule has 21 heavy (non-hydrogen) atoms. The van der Waals surface area contributed by atoms with Crippen LogP contribution in [-0.4, -0.2) is 38.6 Å². The van der Waals surface area contributed by atoms with E-state index >= 15 is 0 Å². The first-order valence-electron chi connectivity index (χ1n) is 6.29. The molecule has 2 N–H and O–H groups in total. The van der Waals surface area contributed by atoms with Gasteiger partial charge in [-0.05, 0) is 31.0 Å². The van der Waals surface area contributed by atoms with Crippen molar-refractivity contribution in [1.82, 2.24) is 4.31 Å². The molecule has 0 unspecified atom stereocenters. The molecule has 0 amide bonds. The van der Waals surface area contributed by atoms with Gasteiger partial charge in [-0.3, -0.25) is 0 Å². The van der Waals surface area contributed by atoms with Gasteiger partial charge in [0.25, 0.3) is 0 Å². The number of ether oxygens (including phenoxy) is 1. The van der Waals surface area contributed by atoms with Gasteiger partial charge in [-0.2, -0.15) is 17.5 Å². The van der Waals surface area contributed by atoms with Crippen molar-refractivity contribution >= 4 is 15.7 Å². The van der Waals surface area contributed by atoms with Gasteiger partial charge in [0.05, 0.1) is 0 Å². The monoisotopic (exact) mass is 324 g/mol. The lowest BCUT2D eigenvalue weighted by Crippen LogP contribution is -2.29. The van der Waals surface area contributed by atoms with Gasteiger partial charge < -0.3 is 10.5 Å². The van der Waals surface area contributed by atoms with Gasteiger partial charge in [0.15, 0.2) is 6.61 Å². The summed E-state index contributed by atoms with van der Waals surface area (Å²) in [6, 6.07) is 3.57. The maximum atomic E-state index is 12.4. The normalized spacial score (nSPS) is 17.1. The zero-order chi connectivity index (χ0) is 15.7. The average molecular weight is 324 g/mol. The maximum Gasteiger partial charge on any atom is 0.422 e. The Morgan fingerprint density at radius 2 is 1.86 bits per heavy atom. The molecule has 0 atom stereocenters. The molecule has 0 radical (unpaired) electrons. The fourth-order valence-electron chi connectivity index (χ4n) is 2.07. The van der Waals surface area contributed by atoms with Crippen LogP contribution in [0.15, 0.2) is 23.1 Å². The number of nitrogen functional groups attached to an aromatic ring is 1. The van der Waals surface area contributed by atoms with E-state index in [1.807, 2.05) is 0 Å². The van der Waals surface area contributed by atoms with Crippen LogP contribution in [0.1, 0.15) is 12.8 Å². The van der Waals surface area contributed by atoms with Crippen molar-refractivity contribution in [1.29, 1.82) is 0 Å². The van der Waals surface area contributed by atoms with Crippen LogP contribution in [0.2, 0.25) is 0 Å². The lowest BCUT2D eigenvalue weighted by Gasteiger charge is -2.19. The number of nitrogens with zero attached hydrogens (tertiary/aromatic N) is 1. The fraction of sp³-hybridized carbons (Fsp3) is 0.500. The molecule has 0 aromatic heterocycles. The Morgan fingerprint density at radius 1 is 1.24 bits per heavy atom. The molecule has 2 rings (SSSR count). The number of hydrogen-bond acceptors (Lipinski definition) is 4. The van der Waals surface area contributed by atoms with Crippen LogP contribution in [0.4, 0.5) is 18.9 Å². The van der Waals surface area contributed by atoms with Gasteiger partial charge in [0, 0.05) is 18.8 Å². The molecule has 1 saturated heterocycles. The van der Waals surface area contributed by atoms with Crippen LogP contribution in [0.3, 0.4) is 0 Å². The highest BCUT2D eigenvalue weighted by Crippen LogP contribution is 2.31. The van der Waals surface area contributed by atoms with E-state index in [1.165, 1.54) is 10.4 Å². The number of rotatable bonds is 4. The van der Waals surface area contributed by atoms with Crippen molar-refractivity contribution < 1.29 is 26.3 Å². The maximum absolute atomic E-state index is 12.4. The van der Waals surface area contributed by atoms with E-state index in [9.17, 15) is 21.6 Å². The van der Waals surface area contributed by atoms with E-state index in [0.29, 0.717) is 13.1 Å². The summed E-state index contributed by atoms with van der Waals surface area (Å²) in [5, 5.41) is 0. The summed E-state index contributed by atoms with van der Waals surface area (Å²) in [6.45, 7) is -0.870. The van der Waals surface area contributed by atoms with Gasteiger partial charge in [0.1, 0.15) is 10.6 Å². The van der Waals surface area contributed by atoms with Gasteiger partial charge in [-0.25, -0.2) is 8.42 Å². The highest BCUT2D eigenvalue weighted by atomic mass is 32.2. The average Bonchev–Trinajstić information content (AvgIpc) is 2.90. The first-order chi connectivity index (χ1) is 9.70. The molecule has 118 valence electrons. The Bertz CT molecular complexity index is 611. The number of alkyl halides is 3. The van der Waals surface area contributed by atoms with Crippen LogP contribution in [0.25, 0.3) is 0 Å². The molecule has 0 spiro atoms. The highest BCUT2D eigenvalue weighted by Gasteiger charge is 2.33. The largest absolute Gasteiger partial charge is 0.483 e. The van der Waals surface area contributed by atoms with Gasteiger partial charge in [-0.15, -0.1) is 0 Å². The van der Waals surface area contributed by atoms with E-state index in [4.69, 9.17) is 5.73 Å². The third kappa shape index (κ3) is 3.79. The zero-order valence-electron chi connectivity index (χ0n) is 11.1. The van der Waals surface area contributed by atoms with E-state index in [0.717, 1.165) is 25.0 Å². The first-order valence-corrected chi connectivity index (χ1v) is 7.73. The summed E-state index contributed by atoms with van der Waals surface area (Å²) in [6.07, 6.45) is -3.10. The third-order valence-corrected chi connectivity index (χ3v) is 4.96. The molecular formula is C12H15F3N2O3S. The number of benzene rings is 1. The minimum absolute atomic E-state index is 0.145. The van der Waals surface area contributed by atoms with Crippen LogP contribution in [0.5, 0.6) is 5.75 Å². The summed E-state index contributed by atoms with van der Waals surface area (Å²) in [4.78, 5) is -0.325. The smallest absolute Gasteiger partial charge is 0.422 e. The first kappa shape index (κ1) is 15.9. The fourth-order valence-corrected chi connectivity index (χ4v) is 3.76. The standard InChI is InChI=1S/C12H15F3N2O3S/c13-12(14,15)8-20-10-4-3-9(16)7-11(10)21(18,19)17-5-1-2-6-17/h3-4,7H,1-2,5-6,8,16H2. The Morgan fingerprint density at radius 3 is 2.43 bits per heavy atom. The topological polar surface area (TPSA) is 72.6 Å². The number of halogens is 3. The summed E-state index contributed by atoms with van der Waals surface area (Å²) in [7, 11) is -3.90. The van der Waals surface area contributed by atoms with Gasteiger partial charge in [0.2, 0.25) is 10.0 Å². The predicted molar refractivity (Wildman–Crippen MR) is 70.4 cm³/mol. The highest BCUT2D eigenvalue weighted by molar-refractivity contribution is 7.89. The molecule has 1 aliphatic rings. The van der Waals surface area contributed by atoms with Crippen molar-refractivity contribution in [3.8, 4) is 5.75 Å². The summed E-state index contributed by atoms with van der Waals surface area (Å²) in [5.41, 5.74) is 5.69. The molecule has 1 aliphatic heterocycles. The lowest BCUT2D eigenvalue weighted by molar-refractivity contribution is -0.153. The van der Waals surface area contributed by atoms with E-state index in [2.05, 4.69) is 4.74 Å². The molecule has 0 aliphatic carbocycles. The van der Waals surface area contributed by atoms with Crippen molar-refractivity contribution in [3.63, 3.8) is 0 Å². The molecule has 1 aromatic rings. The second-order valence-electron chi connectivity index (χ2n) is 4.72. The minimum Gasteiger partial charge on any atom is -0.483 e. The zero-order valence-corrected chi connectivity index (χ0v) is 11.9. The van der Waals surface area contributed by atoms with Crippen molar-refractivity contribution in [3.05, 3.63) is 18.2 Å². The number of nitrogens with two attached hydrogens (primary N) is 1. The molecule has 5 nitrogen and oxygen atoms in total. The molecule has 1 fully saturated rings. The van der Waals surface area contributed by atoms with Crippen LogP contribution >= 0.6 is 0 Å². The molecule has 0 bridgehead atoms.